The molecule has 4 rings (SSSR count). The number of carboxylic acids is 1. The Morgan fingerprint density at radius 1 is 1.14 bits per heavy atom. The molecule has 4 aliphatic carbocycles. The summed E-state index contributed by atoms with van der Waals surface area (Å²) in [5.41, 5.74) is -0.398. The van der Waals surface area contributed by atoms with E-state index in [9.17, 15) is 19.8 Å². The van der Waals surface area contributed by atoms with E-state index < -0.39 is 17.5 Å². The molecule has 0 heterocycles. The number of carbonyl (C=O) groups is 2. The van der Waals surface area contributed by atoms with Crippen molar-refractivity contribution in [2.24, 2.45) is 46.3 Å². The third-order valence-electron chi connectivity index (χ3n) is 10.1. The van der Waals surface area contributed by atoms with Gasteiger partial charge in [0.15, 0.2) is 0 Å². The van der Waals surface area contributed by atoms with Crippen LogP contribution in [0.3, 0.4) is 0 Å². The van der Waals surface area contributed by atoms with Crippen LogP contribution in [0.25, 0.3) is 0 Å². The van der Waals surface area contributed by atoms with E-state index in [4.69, 9.17) is 5.11 Å². The van der Waals surface area contributed by atoms with Gasteiger partial charge in [-0.1, -0.05) is 20.8 Å². The predicted octanol–water partition coefficient (Wildman–Crippen LogP) is 3.66. The van der Waals surface area contributed by atoms with Crippen LogP contribution < -0.4 is 0 Å². The quantitative estimate of drug-likeness (QED) is 0.662. The van der Waals surface area contributed by atoms with E-state index in [1.807, 2.05) is 0 Å². The molecule has 0 aliphatic heterocycles. The Bertz CT molecular complexity index is 676. The van der Waals surface area contributed by atoms with Gasteiger partial charge in [-0.25, -0.2) is 0 Å². The average Bonchev–Trinajstić information content (AvgIpc) is 3.01. The summed E-state index contributed by atoms with van der Waals surface area (Å²) in [7, 11) is 0. The van der Waals surface area contributed by atoms with Crippen LogP contribution in [0.5, 0.6) is 0 Å². The van der Waals surface area contributed by atoms with E-state index in [1.54, 1.807) is 0 Å². The number of rotatable bonds is 4. The zero-order valence-electron chi connectivity index (χ0n) is 18.1. The fraction of sp³-hybridized carbons (Fsp3) is 0.917. The topological polar surface area (TPSA) is 94.8 Å². The van der Waals surface area contributed by atoms with Gasteiger partial charge < -0.3 is 15.3 Å². The fourth-order valence-corrected chi connectivity index (χ4v) is 8.41. The second-order valence-electron chi connectivity index (χ2n) is 11.2. The maximum absolute atomic E-state index is 13.6. The lowest BCUT2D eigenvalue weighted by atomic mass is 9.43. The van der Waals surface area contributed by atoms with E-state index in [0.717, 1.165) is 38.5 Å². The molecule has 4 saturated carbocycles. The summed E-state index contributed by atoms with van der Waals surface area (Å²) in [5, 5.41) is 30.5. The van der Waals surface area contributed by atoms with Crippen LogP contribution in [0.4, 0.5) is 0 Å². The van der Waals surface area contributed by atoms with E-state index in [-0.39, 0.29) is 47.5 Å². The molecule has 5 nitrogen and oxygen atoms in total. The molecule has 2 unspecified atom stereocenters. The van der Waals surface area contributed by atoms with Crippen LogP contribution in [0.1, 0.15) is 78.6 Å². The highest BCUT2D eigenvalue weighted by molar-refractivity contribution is 5.87. The van der Waals surface area contributed by atoms with Crippen LogP contribution >= 0.6 is 0 Å². The van der Waals surface area contributed by atoms with Gasteiger partial charge in [-0.2, -0.15) is 0 Å². The lowest BCUT2D eigenvalue weighted by Gasteiger charge is -2.61. The number of hydrogen-bond donors (Lipinski definition) is 3. The van der Waals surface area contributed by atoms with Gasteiger partial charge in [0.2, 0.25) is 0 Å². The summed E-state index contributed by atoms with van der Waals surface area (Å²) in [6, 6.07) is 0. The second-order valence-corrected chi connectivity index (χ2v) is 11.2. The third kappa shape index (κ3) is 3.18. The van der Waals surface area contributed by atoms with Gasteiger partial charge in [-0.15, -0.1) is 0 Å². The molecule has 0 radical (unpaired) electrons. The van der Waals surface area contributed by atoms with Crippen molar-refractivity contribution >= 4 is 11.8 Å². The summed E-state index contributed by atoms with van der Waals surface area (Å²) >= 11 is 0. The first-order valence-corrected chi connectivity index (χ1v) is 11.7. The summed E-state index contributed by atoms with van der Waals surface area (Å²) in [4.78, 5) is 24.7. The lowest BCUT2D eigenvalue weighted by Crippen LogP contribution is -2.61. The number of Topliss-reactive ketones (excluding diaryl/α,β-unsaturated/α-hetero) is 1. The summed E-state index contributed by atoms with van der Waals surface area (Å²) in [5.74, 6) is 0.855. The van der Waals surface area contributed by atoms with Crippen molar-refractivity contribution in [2.75, 3.05) is 0 Å². The standard InChI is InChI=1S/C24H38O5/c1-13(4-7-21(28)29)16-5-6-17-22-18(12-20(27)24(16,17)3)23(2)9-8-15(25)10-14(23)11-19(22)26/h13-19,22,25-26H,4-12H2,1-3H3,(H,28,29)/t13-,14+,15-,16-,17+,18+,19?,22?,23+,24-/m1/s1. The van der Waals surface area contributed by atoms with Crippen LogP contribution in [-0.4, -0.2) is 39.3 Å². The van der Waals surface area contributed by atoms with E-state index in [0.29, 0.717) is 24.5 Å². The molecule has 3 N–H and O–H groups in total. The number of aliphatic carboxylic acids is 1. The van der Waals surface area contributed by atoms with Crippen molar-refractivity contribution in [1.82, 2.24) is 0 Å². The van der Waals surface area contributed by atoms with Gasteiger partial charge in [0, 0.05) is 18.3 Å². The molecular formula is C24H38O5. The fourth-order valence-electron chi connectivity index (χ4n) is 8.41. The maximum Gasteiger partial charge on any atom is 0.303 e. The largest absolute Gasteiger partial charge is 0.481 e. The Hall–Kier alpha value is -0.940. The molecular weight excluding hydrogens is 368 g/mol. The Morgan fingerprint density at radius 3 is 2.55 bits per heavy atom. The number of carboxylic acid groups (broad SMARTS) is 1. The van der Waals surface area contributed by atoms with Crippen molar-refractivity contribution in [1.29, 1.82) is 0 Å². The van der Waals surface area contributed by atoms with Crippen molar-refractivity contribution in [3.8, 4) is 0 Å². The van der Waals surface area contributed by atoms with Gasteiger partial charge in [-0.05, 0) is 85.9 Å². The number of aliphatic hydroxyl groups is 2. The molecule has 0 aromatic heterocycles. The molecule has 0 spiro atoms. The van der Waals surface area contributed by atoms with Crippen molar-refractivity contribution in [3.63, 3.8) is 0 Å². The van der Waals surface area contributed by atoms with Crippen LogP contribution in [-0.2, 0) is 9.59 Å². The average molecular weight is 407 g/mol. The first-order valence-electron chi connectivity index (χ1n) is 11.7. The van der Waals surface area contributed by atoms with E-state index >= 15 is 0 Å². The normalized spacial score (nSPS) is 50.4. The summed E-state index contributed by atoms with van der Waals surface area (Å²) in [6.07, 6.45) is 5.82. The highest BCUT2D eigenvalue weighted by Gasteiger charge is 2.65. The van der Waals surface area contributed by atoms with Crippen LogP contribution in [0.2, 0.25) is 0 Å². The van der Waals surface area contributed by atoms with Crippen molar-refractivity contribution in [3.05, 3.63) is 0 Å². The molecule has 164 valence electrons. The lowest BCUT2D eigenvalue weighted by molar-refractivity contribution is -0.181. The highest BCUT2D eigenvalue weighted by atomic mass is 16.4. The molecule has 0 amide bonds. The highest BCUT2D eigenvalue weighted by Crippen LogP contribution is 2.67. The predicted molar refractivity (Wildman–Crippen MR) is 109 cm³/mol. The van der Waals surface area contributed by atoms with E-state index in [2.05, 4.69) is 20.8 Å². The first-order chi connectivity index (χ1) is 13.6. The van der Waals surface area contributed by atoms with Gasteiger partial charge in [0.25, 0.3) is 0 Å². The van der Waals surface area contributed by atoms with E-state index in [1.165, 1.54) is 0 Å². The molecule has 10 atom stereocenters. The Labute approximate surface area is 174 Å². The molecule has 0 bridgehead atoms. The molecule has 0 aromatic carbocycles. The van der Waals surface area contributed by atoms with Crippen LogP contribution in [0, 0.1) is 46.3 Å². The summed E-state index contributed by atoms with van der Waals surface area (Å²) < 4.78 is 0. The monoisotopic (exact) mass is 406 g/mol. The maximum atomic E-state index is 13.6. The second kappa shape index (κ2) is 7.33. The molecule has 5 heteroatoms. The molecule has 0 saturated heterocycles. The minimum absolute atomic E-state index is 0.0348. The van der Waals surface area contributed by atoms with Gasteiger partial charge in [0.1, 0.15) is 5.78 Å². The third-order valence-corrected chi connectivity index (χ3v) is 10.1. The minimum atomic E-state index is -0.771. The van der Waals surface area contributed by atoms with Gasteiger partial charge >= 0.3 is 5.97 Å². The molecule has 4 aliphatic rings. The van der Waals surface area contributed by atoms with Crippen LogP contribution in [0.15, 0.2) is 0 Å². The SMILES string of the molecule is C[C@H](CCC(=O)O)[C@H]1CC[C@H]2C3C(O)C[C@@H]4C[C@H](O)CC[C@]4(C)[C@H]3CC(=O)[C@]12C. The Morgan fingerprint density at radius 2 is 1.86 bits per heavy atom. The zero-order valence-corrected chi connectivity index (χ0v) is 18.1. The molecule has 29 heavy (non-hydrogen) atoms. The molecule has 0 aromatic rings. The number of ketones is 1. The number of fused-ring (bicyclic) bond motifs is 5. The van der Waals surface area contributed by atoms with Gasteiger partial charge in [0.05, 0.1) is 12.2 Å². The van der Waals surface area contributed by atoms with Crippen molar-refractivity contribution < 1.29 is 24.9 Å². The smallest absolute Gasteiger partial charge is 0.303 e. The number of hydrogen-bond acceptors (Lipinski definition) is 4. The number of carbonyl (C=O) groups excluding carboxylic acids is 1. The number of aliphatic hydroxyl groups excluding tert-OH is 2. The first kappa shape index (κ1) is 21.3. The Balaban J connectivity index is 1.62. The Kier molecular flexibility index (Phi) is 5.39. The minimum Gasteiger partial charge on any atom is -0.481 e. The zero-order chi connectivity index (χ0) is 21.1. The molecule has 4 fully saturated rings. The summed E-state index contributed by atoms with van der Waals surface area (Å²) in [6.45, 7) is 6.54. The van der Waals surface area contributed by atoms with Gasteiger partial charge in [-0.3, -0.25) is 9.59 Å². The van der Waals surface area contributed by atoms with Crippen molar-refractivity contribution in [2.45, 2.75) is 90.8 Å².